The predicted octanol–water partition coefficient (Wildman–Crippen LogP) is 5.28. The van der Waals surface area contributed by atoms with Gasteiger partial charge in [-0.05, 0) is 30.3 Å². The first-order valence-corrected chi connectivity index (χ1v) is 11.5. The fraction of sp³-hybridized carbons (Fsp3) is 0.250. The smallest absolute Gasteiger partial charge is 0.378 e. The van der Waals surface area contributed by atoms with Crippen molar-refractivity contribution in [2.75, 3.05) is 36.5 Å². The van der Waals surface area contributed by atoms with Crippen molar-refractivity contribution in [3.8, 4) is 11.3 Å². The number of hydrogen-bond acceptors (Lipinski definition) is 9. The van der Waals surface area contributed by atoms with Crippen LogP contribution in [0.5, 0.6) is 0 Å². The van der Waals surface area contributed by atoms with E-state index in [1.54, 1.807) is 23.1 Å². The fourth-order valence-corrected chi connectivity index (χ4v) is 3.82. The first-order valence-electron chi connectivity index (χ1n) is 11.5. The number of rotatable bonds is 7. The molecule has 1 saturated heterocycles. The van der Waals surface area contributed by atoms with Gasteiger partial charge in [-0.15, -0.1) is 5.11 Å². The summed E-state index contributed by atoms with van der Waals surface area (Å²) in [5.74, 6) is -0.379. The minimum absolute atomic E-state index is 0.00147. The Hall–Kier alpha value is -4.46. The molecule has 1 aliphatic rings. The number of morpholine rings is 1. The second-order valence-corrected chi connectivity index (χ2v) is 8.23. The number of hydrogen-bond donors (Lipinski definition) is 2. The molecule has 0 atom stereocenters. The van der Waals surface area contributed by atoms with Crippen molar-refractivity contribution >= 4 is 23.1 Å². The summed E-state index contributed by atoms with van der Waals surface area (Å²) in [7, 11) is 0. The number of pyridine rings is 1. The number of ether oxygens (including phenoxy) is 1. The lowest BCUT2D eigenvalue weighted by molar-refractivity contribution is -0.137. The molecule has 0 radical (unpaired) electrons. The molecule has 0 amide bonds. The summed E-state index contributed by atoms with van der Waals surface area (Å²) in [5.41, 5.74) is 0.774. The average Bonchev–Trinajstić information content (AvgIpc) is 3.46. The highest BCUT2D eigenvalue weighted by molar-refractivity contribution is 5.70. The zero-order valence-electron chi connectivity index (χ0n) is 19.8. The molecule has 38 heavy (non-hydrogen) atoms. The molecule has 0 aliphatic carbocycles. The Kier molecular flexibility index (Phi) is 7.22. The van der Waals surface area contributed by atoms with Crippen LogP contribution in [-0.2, 0) is 17.5 Å². The largest absolute Gasteiger partial charge is 0.417 e. The molecule has 196 valence electrons. The predicted molar refractivity (Wildman–Crippen MR) is 130 cm³/mol. The maximum Gasteiger partial charge on any atom is 0.417 e. The van der Waals surface area contributed by atoms with Crippen molar-refractivity contribution in [1.82, 2.24) is 25.1 Å². The summed E-state index contributed by atoms with van der Waals surface area (Å²) < 4.78 is 60.4. The zero-order chi connectivity index (χ0) is 26.5. The van der Waals surface area contributed by atoms with Crippen LogP contribution in [0.15, 0.2) is 65.2 Å². The molecular weight excluding hydrogens is 506 g/mol. The molecule has 0 unspecified atom stereocenters. The third kappa shape index (κ3) is 5.91. The maximum absolute atomic E-state index is 14.1. The minimum atomic E-state index is -4.55. The van der Waals surface area contributed by atoms with Crippen LogP contribution in [0.4, 0.5) is 40.7 Å². The number of benzene rings is 1. The second-order valence-electron chi connectivity index (χ2n) is 8.23. The third-order valence-corrected chi connectivity index (χ3v) is 5.65. The molecule has 4 heterocycles. The van der Waals surface area contributed by atoms with Crippen molar-refractivity contribution < 1.29 is 22.3 Å². The molecule has 1 aliphatic heterocycles. The number of H-pyrrole nitrogens is 1. The van der Waals surface area contributed by atoms with E-state index in [-0.39, 0.29) is 35.3 Å². The molecule has 0 saturated carbocycles. The number of nitrogens with one attached hydrogen (secondary N) is 2. The van der Waals surface area contributed by atoms with E-state index in [4.69, 9.17) is 4.74 Å². The monoisotopic (exact) mass is 527 g/mol. The number of aromatic amines is 1. The number of azo groups is 1. The fourth-order valence-electron chi connectivity index (χ4n) is 3.82. The van der Waals surface area contributed by atoms with Gasteiger partial charge in [-0.3, -0.25) is 10.1 Å². The molecule has 14 heteroatoms. The molecule has 3 aromatic heterocycles. The van der Waals surface area contributed by atoms with Gasteiger partial charge >= 0.3 is 6.18 Å². The van der Waals surface area contributed by atoms with Crippen LogP contribution in [0.2, 0.25) is 0 Å². The quantitative estimate of drug-likeness (QED) is 0.248. The van der Waals surface area contributed by atoms with Gasteiger partial charge in [-0.1, -0.05) is 6.07 Å². The van der Waals surface area contributed by atoms with Gasteiger partial charge in [0.15, 0.2) is 11.6 Å². The van der Waals surface area contributed by atoms with Gasteiger partial charge in [0.25, 0.3) is 5.95 Å². The molecule has 4 aromatic rings. The van der Waals surface area contributed by atoms with Gasteiger partial charge in [-0.2, -0.15) is 28.4 Å². The minimum Gasteiger partial charge on any atom is -0.378 e. The molecule has 5 rings (SSSR count). The number of alkyl halides is 3. The highest BCUT2D eigenvalue weighted by atomic mass is 19.4. The summed E-state index contributed by atoms with van der Waals surface area (Å²) in [6.07, 6.45) is -0.630. The Morgan fingerprint density at radius 3 is 2.55 bits per heavy atom. The van der Waals surface area contributed by atoms with Gasteiger partial charge < -0.3 is 15.0 Å². The SMILES string of the molecule is Fc1cnc(N=NCc2ccc(Nc3ccc(-c4ccn[nH]4)c(C(F)(F)F)c3)cn2)nc1N1CCOCC1. The summed E-state index contributed by atoms with van der Waals surface area (Å²) in [6, 6.07) is 8.76. The molecule has 1 fully saturated rings. The van der Waals surface area contributed by atoms with E-state index in [1.165, 1.54) is 24.5 Å². The first kappa shape index (κ1) is 25.2. The van der Waals surface area contributed by atoms with Crippen LogP contribution in [-0.4, -0.2) is 51.5 Å². The van der Waals surface area contributed by atoms with Crippen LogP contribution < -0.4 is 10.2 Å². The molecule has 10 nitrogen and oxygen atoms in total. The van der Waals surface area contributed by atoms with Crippen molar-refractivity contribution in [1.29, 1.82) is 0 Å². The van der Waals surface area contributed by atoms with Crippen LogP contribution in [0, 0.1) is 5.82 Å². The van der Waals surface area contributed by atoms with Gasteiger partial charge in [-0.25, -0.2) is 9.37 Å². The van der Waals surface area contributed by atoms with Crippen molar-refractivity contribution in [3.05, 3.63) is 72.1 Å². The zero-order valence-corrected chi connectivity index (χ0v) is 19.8. The lowest BCUT2D eigenvalue weighted by atomic mass is 10.0. The van der Waals surface area contributed by atoms with Crippen LogP contribution >= 0.6 is 0 Å². The van der Waals surface area contributed by atoms with Crippen molar-refractivity contribution in [2.45, 2.75) is 12.7 Å². The van der Waals surface area contributed by atoms with E-state index < -0.39 is 17.6 Å². The van der Waals surface area contributed by atoms with Crippen LogP contribution in [0.1, 0.15) is 11.3 Å². The second kappa shape index (κ2) is 10.9. The molecule has 0 spiro atoms. The lowest BCUT2D eigenvalue weighted by Gasteiger charge is -2.27. The Bertz CT molecular complexity index is 1400. The topological polar surface area (TPSA) is 117 Å². The van der Waals surface area contributed by atoms with Gasteiger partial charge in [0.2, 0.25) is 0 Å². The summed E-state index contributed by atoms with van der Waals surface area (Å²) >= 11 is 0. The average molecular weight is 527 g/mol. The van der Waals surface area contributed by atoms with E-state index in [9.17, 15) is 17.6 Å². The van der Waals surface area contributed by atoms with E-state index in [0.717, 1.165) is 12.3 Å². The number of nitrogens with zero attached hydrogens (tertiary/aromatic N) is 7. The van der Waals surface area contributed by atoms with E-state index in [0.29, 0.717) is 37.7 Å². The van der Waals surface area contributed by atoms with Gasteiger partial charge in [0.1, 0.15) is 6.54 Å². The Morgan fingerprint density at radius 2 is 1.84 bits per heavy atom. The van der Waals surface area contributed by atoms with Crippen LogP contribution in [0.3, 0.4) is 0 Å². The van der Waals surface area contributed by atoms with E-state index in [2.05, 4.69) is 40.7 Å². The Balaban J connectivity index is 1.24. The molecule has 0 bridgehead atoms. The Morgan fingerprint density at radius 1 is 1.03 bits per heavy atom. The van der Waals surface area contributed by atoms with Crippen molar-refractivity contribution in [2.24, 2.45) is 10.2 Å². The molecule has 2 N–H and O–H groups in total. The lowest BCUT2D eigenvalue weighted by Crippen LogP contribution is -2.37. The maximum atomic E-state index is 14.1. The summed E-state index contributed by atoms with van der Waals surface area (Å²) in [4.78, 5) is 14.0. The summed E-state index contributed by atoms with van der Waals surface area (Å²) in [6.45, 7) is 2.10. The van der Waals surface area contributed by atoms with Crippen molar-refractivity contribution in [3.63, 3.8) is 0 Å². The van der Waals surface area contributed by atoms with E-state index >= 15 is 0 Å². The van der Waals surface area contributed by atoms with Crippen LogP contribution in [0.25, 0.3) is 11.3 Å². The molecular formula is C24H21F4N9O. The number of anilines is 3. The highest BCUT2D eigenvalue weighted by Crippen LogP contribution is 2.38. The normalized spacial score (nSPS) is 14.3. The van der Waals surface area contributed by atoms with Gasteiger partial charge in [0.05, 0.1) is 48.2 Å². The first-order chi connectivity index (χ1) is 18.4. The highest BCUT2D eigenvalue weighted by Gasteiger charge is 2.34. The molecule has 1 aromatic carbocycles. The standard InChI is InChI=1S/C24H21F4N9O/c25-20-14-30-23(34-22(20)37-7-9-38-10-8-37)36-32-13-16-1-2-17(12-29-16)33-15-3-4-18(21-5-6-31-35-21)19(11-15)24(26,27)28/h1-6,11-12,14,33H,7-10,13H2,(H,31,35). The van der Waals surface area contributed by atoms with E-state index in [1.807, 2.05) is 0 Å². The summed E-state index contributed by atoms with van der Waals surface area (Å²) in [5, 5.41) is 17.2. The number of halogens is 4. The number of aromatic nitrogens is 5. The van der Waals surface area contributed by atoms with Gasteiger partial charge in [0, 0.05) is 30.5 Å². The third-order valence-electron chi connectivity index (χ3n) is 5.65. The Labute approximate surface area is 213 Å².